The van der Waals surface area contributed by atoms with Gasteiger partial charge >= 0.3 is 5.69 Å². The van der Waals surface area contributed by atoms with E-state index in [1.165, 1.54) is 0 Å². The Labute approximate surface area is 135 Å². The van der Waals surface area contributed by atoms with Crippen molar-refractivity contribution in [2.24, 2.45) is 0 Å². The normalized spacial score (nSPS) is 10.2. The molecule has 21 heavy (non-hydrogen) atoms. The predicted molar refractivity (Wildman–Crippen MR) is 89.7 cm³/mol. The molecule has 2 rings (SSSR count). The summed E-state index contributed by atoms with van der Waals surface area (Å²) in [6.45, 7) is 2.49. The Hall–Kier alpha value is -1.79. The Morgan fingerprint density at radius 3 is 2.62 bits per heavy atom. The largest absolute Gasteiger partial charge is 0.380 e. The van der Waals surface area contributed by atoms with Crippen molar-refractivity contribution in [3.05, 3.63) is 56.0 Å². The summed E-state index contributed by atoms with van der Waals surface area (Å²) in [6, 6.07) is 10.3. The van der Waals surface area contributed by atoms with Gasteiger partial charge in [-0.2, -0.15) is 0 Å². The number of anilines is 3. The molecule has 0 fully saturated rings. The molecule has 0 bridgehead atoms. The summed E-state index contributed by atoms with van der Waals surface area (Å²) < 4.78 is 0.773. The average Bonchev–Trinajstić information content (AvgIpc) is 2.43. The Kier molecular flexibility index (Phi) is 5.03. The second kappa shape index (κ2) is 6.78. The molecule has 0 radical (unpaired) electrons. The molecule has 0 spiro atoms. The van der Waals surface area contributed by atoms with Crippen molar-refractivity contribution in [3.8, 4) is 0 Å². The summed E-state index contributed by atoms with van der Waals surface area (Å²) in [5, 5.41) is 17.9. The van der Waals surface area contributed by atoms with Gasteiger partial charge in [0.15, 0.2) is 0 Å². The molecule has 5 nitrogen and oxygen atoms in total. The van der Waals surface area contributed by atoms with Crippen molar-refractivity contribution in [1.29, 1.82) is 0 Å². The number of para-hydroxylation sites is 1. The summed E-state index contributed by atoms with van der Waals surface area (Å²) >= 11 is 9.35. The fourth-order valence-corrected chi connectivity index (χ4v) is 2.43. The lowest BCUT2D eigenvalue weighted by Crippen LogP contribution is -2.04. The van der Waals surface area contributed by atoms with Crippen molar-refractivity contribution >= 4 is 50.3 Å². The number of nitrogens with zero attached hydrogens (tertiary/aromatic N) is 1. The summed E-state index contributed by atoms with van der Waals surface area (Å²) in [4.78, 5) is 10.9. The van der Waals surface area contributed by atoms with Crippen LogP contribution in [-0.2, 0) is 0 Å². The zero-order valence-electron chi connectivity index (χ0n) is 11.2. The van der Waals surface area contributed by atoms with Gasteiger partial charge in [-0.05, 0) is 53.2 Å². The quantitative estimate of drug-likeness (QED) is 0.561. The van der Waals surface area contributed by atoms with E-state index in [1.54, 1.807) is 36.4 Å². The number of hydrogen-bond acceptors (Lipinski definition) is 4. The van der Waals surface area contributed by atoms with Crippen LogP contribution in [0.3, 0.4) is 0 Å². The van der Waals surface area contributed by atoms with Crippen LogP contribution < -0.4 is 10.6 Å². The molecule has 0 aliphatic carbocycles. The second-order valence-electron chi connectivity index (χ2n) is 4.24. The highest BCUT2D eigenvalue weighted by atomic mass is 79.9. The molecular formula is C14H13BrClN3O2. The molecule has 0 saturated heterocycles. The summed E-state index contributed by atoms with van der Waals surface area (Å²) in [5.74, 6) is 0. The van der Waals surface area contributed by atoms with E-state index in [0.717, 1.165) is 4.47 Å². The first kappa shape index (κ1) is 15.6. The van der Waals surface area contributed by atoms with E-state index in [-0.39, 0.29) is 5.69 Å². The standard InChI is InChI=1S/C14H13BrClN3O2/c1-2-17-11-4-3-5-12(14(11)19(20)21)18-13-8-9(16)6-7-10(13)15/h3-8,17-18H,2H2,1H3. The highest BCUT2D eigenvalue weighted by molar-refractivity contribution is 9.10. The molecule has 2 N–H and O–H groups in total. The van der Waals surface area contributed by atoms with Crippen LogP contribution in [0.4, 0.5) is 22.7 Å². The monoisotopic (exact) mass is 369 g/mol. The van der Waals surface area contributed by atoms with Crippen LogP contribution in [0.1, 0.15) is 6.92 Å². The van der Waals surface area contributed by atoms with Gasteiger partial charge in [0.2, 0.25) is 0 Å². The van der Waals surface area contributed by atoms with E-state index in [1.807, 2.05) is 6.92 Å². The number of hydrogen-bond donors (Lipinski definition) is 2. The van der Waals surface area contributed by atoms with Crippen molar-refractivity contribution in [3.63, 3.8) is 0 Å². The average molecular weight is 371 g/mol. The molecule has 0 saturated carbocycles. The molecule has 0 aliphatic heterocycles. The van der Waals surface area contributed by atoms with Crippen molar-refractivity contribution in [2.45, 2.75) is 6.92 Å². The maximum atomic E-state index is 11.3. The van der Waals surface area contributed by atoms with Gasteiger partial charge < -0.3 is 10.6 Å². The van der Waals surface area contributed by atoms with Gasteiger partial charge in [-0.3, -0.25) is 10.1 Å². The number of halogens is 2. The minimum Gasteiger partial charge on any atom is -0.380 e. The third kappa shape index (κ3) is 3.65. The first-order valence-corrected chi connectivity index (χ1v) is 7.43. The van der Waals surface area contributed by atoms with Gasteiger partial charge in [-0.1, -0.05) is 17.7 Å². The highest BCUT2D eigenvalue weighted by Gasteiger charge is 2.19. The van der Waals surface area contributed by atoms with E-state index in [4.69, 9.17) is 11.6 Å². The van der Waals surface area contributed by atoms with Crippen molar-refractivity contribution in [1.82, 2.24) is 0 Å². The van der Waals surface area contributed by atoms with Gasteiger partial charge in [0.05, 0.1) is 10.6 Å². The first-order valence-electron chi connectivity index (χ1n) is 6.26. The van der Waals surface area contributed by atoms with Gasteiger partial charge in [0.1, 0.15) is 11.4 Å². The summed E-state index contributed by atoms with van der Waals surface area (Å²) in [6.07, 6.45) is 0. The van der Waals surface area contributed by atoms with Crippen LogP contribution in [-0.4, -0.2) is 11.5 Å². The molecule has 7 heteroatoms. The van der Waals surface area contributed by atoms with E-state index >= 15 is 0 Å². The third-order valence-corrected chi connectivity index (χ3v) is 3.71. The fourth-order valence-electron chi connectivity index (χ4n) is 1.91. The lowest BCUT2D eigenvalue weighted by Gasteiger charge is -2.12. The predicted octanol–water partition coefficient (Wildman–Crippen LogP) is 5.19. The van der Waals surface area contributed by atoms with Crippen LogP contribution in [0.5, 0.6) is 0 Å². The minimum absolute atomic E-state index is 0.00576. The minimum atomic E-state index is -0.404. The SMILES string of the molecule is CCNc1cccc(Nc2cc(Cl)ccc2Br)c1[N+](=O)[O-]. The Morgan fingerprint density at radius 1 is 1.24 bits per heavy atom. The molecular weight excluding hydrogens is 358 g/mol. The highest BCUT2D eigenvalue weighted by Crippen LogP contribution is 2.37. The Balaban J connectivity index is 2.46. The summed E-state index contributed by atoms with van der Waals surface area (Å²) in [5.41, 5.74) is 1.55. The van der Waals surface area contributed by atoms with Gasteiger partial charge in [-0.15, -0.1) is 0 Å². The van der Waals surface area contributed by atoms with Gasteiger partial charge in [0.25, 0.3) is 0 Å². The molecule has 0 heterocycles. The zero-order valence-corrected chi connectivity index (χ0v) is 13.5. The van der Waals surface area contributed by atoms with E-state index in [2.05, 4.69) is 26.6 Å². The molecule has 0 aromatic heterocycles. The van der Waals surface area contributed by atoms with Crippen LogP contribution in [0.2, 0.25) is 5.02 Å². The maximum Gasteiger partial charge on any atom is 0.315 e. The number of benzene rings is 2. The number of rotatable bonds is 5. The summed E-state index contributed by atoms with van der Waals surface area (Å²) in [7, 11) is 0. The Bertz CT molecular complexity index is 679. The van der Waals surface area contributed by atoms with Crippen molar-refractivity contribution in [2.75, 3.05) is 17.2 Å². The van der Waals surface area contributed by atoms with Crippen LogP contribution in [0.15, 0.2) is 40.9 Å². The van der Waals surface area contributed by atoms with Crippen LogP contribution in [0, 0.1) is 10.1 Å². The van der Waals surface area contributed by atoms with E-state index in [9.17, 15) is 10.1 Å². The molecule has 0 unspecified atom stereocenters. The molecule has 0 amide bonds. The molecule has 0 atom stereocenters. The second-order valence-corrected chi connectivity index (χ2v) is 5.53. The third-order valence-electron chi connectivity index (χ3n) is 2.78. The Morgan fingerprint density at radius 2 is 1.95 bits per heavy atom. The lowest BCUT2D eigenvalue weighted by molar-refractivity contribution is -0.383. The lowest BCUT2D eigenvalue weighted by atomic mass is 10.2. The van der Waals surface area contributed by atoms with E-state index < -0.39 is 4.92 Å². The van der Waals surface area contributed by atoms with Gasteiger partial charge in [-0.25, -0.2) is 0 Å². The number of nitrogens with one attached hydrogen (secondary N) is 2. The fraction of sp³-hybridized carbons (Fsp3) is 0.143. The molecule has 0 aliphatic rings. The molecule has 110 valence electrons. The molecule has 2 aromatic rings. The van der Waals surface area contributed by atoms with Crippen LogP contribution in [0.25, 0.3) is 0 Å². The number of nitro groups is 1. The smallest absolute Gasteiger partial charge is 0.315 e. The van der Waals surface area contributed by atoms with Crippen LogP contribution >= 0.6 is 27.5 Å². The maximum absolute atomic E-state index is 11.3. The van der Waals surface area contributed by atoms with Gasteiger partial charge in [0, 0.05) is 16.0 Å². The first-order chi connectivity index (χ1) is 10.0. The number of nitro benzene ring substituents is 1. The topological polar surface area (TPSA) is 67.2 Å². The zero-order chi connectivity index (χ0) is 15.4. The van der Waals surface area contributed by atoms with Crippen molar-refractivity contribution < 1.29 is 4.92 Å². The molecule has 2 aromatic carbocycles. The van der Waals surface area contributed by atoms with E-state index in [0.29, 0.717) is 28.6 Å².